The monoisotopic (exact) mass is 264 g/mol. The predicted octanol–water partition coefficient (Wildman–Crippen LogP) is 1.61. The van der Waals surface area contributed by atoms with Crippen LogP contribution in [0.3, 0.4) is 0 Å². The third kappa shape index (κ3) is 3.27. The molecule has 1 amide bonds. The van der Waals surface area contributed by atoms with Crippen LogP contribution in [0.15, 0.2) is 24.3 Å². The van der Waals surface area contributed by atoms with Crippen molar-refractivity contribution < 1.29 is 14.7 Å². The topological polar surface area (TPSA) is 78.4 Å². The third-order valence-electron chi connectivity index (χ3n) is 2.57. The maximum Gasteiger partial charge on any atom is 0.335 e. The van der Waals surface area contributed by atoms with E-state index < -0.39 is 5.97 Å². The van der Waals surface area contributed by atoms with Gasteiger partial charge in [0.05, 0.1) is 5.56 Å². The van der Waals surface area contributed by atoms with Gasteiger partial charge in [0.1, 0.15) is 0 Å². The second-order valence-electron chi connectivity index (χ2n) is 4.10. The van der Waals surface area contributed by atoms with Gasteiger partial charge >= 0.3 is 5.97 Å². The number of carboxylic acids is 1. The Labute approximate surface area is 109 Å². The van der Waals surface area contributed by atoms with E-state index >= 15 is 0 Å². The SMILES string of the molecule is O=C(O)c1ccc(NC(=S)NC(=O)C2CC2)cc1. The summed E-state index contributed by atoms with van der Waals surface area (Å²) in [4.78, 5) is 22.1. The van der Waals surface area contributed by atoms with Crippen molar-refractivity contribution in [1.29, 1.82) is 0 Å². The quantitative estimate of drug-likeness (QED) is 0.723. The highest BCUT2D eigenvalue weighted by molar-refractivity contribution is 7.80. The molecule has 1 fully saturated rings. The molecule has 0 heterocycles. The number of amides is 1. The molecule has 0 radical (unpaired) electrons. The van der Waals surface area contributed by atoms with Crippen molar-refractivity contribution >= 4 is 34.9 Å². The molecule has 1 saturated carbocycles. The van der Waals surface area contributed by atoms with Crippen LogP contribution in [0.25, 0.3) is 0 Å². The number of benzene rings is 1. The molecule has 0 aromatic heterocycles. The van der Waals surface area contributed by atoms with Gasteiger partial charge in [0.2, 0.25) is 5.91 Å². The molecule has 94 valence electrons. The number of nitrogens with one attached hydrogen (secondary N) is 2. The minimum Gasteiger partial charge on any atom is -0.478 e. The fourth-order valence-electron chi connectivity index (χ4n) is 1.42. The van der Waals surface area contributed by atoms with Crippen LogP contribution in [0, 0.1) is 5.92 Å². The molecule has 3 N–H and O–H groups in total. The second kappa shape index (κ2) is 5.14. The van der Waals surface area contributed by atoms with Crippen molar-refractivity contribution in [3.8, 4) is 0 Å². The minimum absolute atomic E-state index is 0.0605. The lowest BCUT2D eigenvalue weighted by Gasteiger charge is -2.09. The van der Waals surface area contributed by atoms with Crippen molar-refractivity contribution in [2.75, 3.05) is 5.32 Å². The lowest BCUT2D eigenvalue weighted by Crippen LogP contribution is -2.35. The second-order valence-corrected chi connectivity index (χ2v) is 4.51. The third-order valence-corrected chi connectivity index (χ3v) is 2.78. The predicted molar refractivity (Wildman–Crippen MR) is 70.5 cm³/mol. The molecule has 18 heavy (non-hydrogen) atoms. The van der Waals surface area contributed by atoms with Crippen LogP contribution in [0.1, 0.15) is 23.2 Å². The number of aromatic carboxylic acids is 1. The number of hydrogen-bond acceptors (Lipinski definition) is 3. The Morgan fingerprint density at radius 2 is 1.83 bits per heavy atom. The highest BCUT2D eigenvalue weighted by atomic mass is 32.1. The molecule has 0 unspecified atom stereocenters. The number of hydrogen-bond donors (Lipinski definition) is 3. The van der Waals surface area contributed by atoms with Crippen LogP contribution in [-0.4, -0.2) is 22.1 Å². The van der Waals surface area contributed by atoms with Crippen molar-refractivity contribution in [1.82, 2.24) is 5.32 Å². The summed E-state index contributed by atoms with van der Waals surface area (Å²) in [5.74, 6) is -0.944. The summed E-state index contributed by atoms with van der Waals surface area (Å²) in [7, 11) is 0. The Morgan fingerprint density at radius 3 is 2.33 bits per heavy atom. The highest BCUT2D eigenvalue weighted by Gasteiger charge is 2.29. The zero-order chi connectivity index (χ0) is 13.1. The molecule has 1 aliphatic carbocycles. The van der Waals surface area contributed by atoms with Crippen LogP contribution in [-0.2, 0) is 4.79 Å². The van der Waals surface area contributed by atoms with Gasteiger partial charge in [0.25, 0.3) is 0 Å². The largest absolute Gasteiger partial charge is 0.478 e. The number of carboxylic acid groups (broad SMARTS) is 1. The average Bonchev–Trinajstić information content (AvgIpc) is 3.13. The van der Waals surface area contributed by atoms with Crippen molar-refractivity contribution in [2.45, 2.75) is 12.8 Å². The number of anilines is 1. The number of thiocarbonyl (C=S) groups is 1. The Hall–Kier alpha value is -1.95. The van der Waals surface area contributed by atoms with E-state index in [9.17, 15) is 9.59 Å². The fourth-order valence-corrected chi connectivity index (χ4v) is 1.64. The van der Waals surface area contributed by atoms with Crippen LogP contribution in [0.4, 0.5) is 5.69 Å². The molecule has 1 aromatic rings. The standard InChI is InChI=1S/C12H12N2O3S/c15-10(7-1-2-7)14-12(18)13-9-5-3-8(4-6-9)11(16)17/h3-7H,1-2H2,(H,16,17)(H2,13,14,15,18). The van der Waals surface area contributed by atoms with Gasteiger partial charge in [0, 0.05) is 11.6 Å². The molecule has 0 atom stereocenters. The first-order valence-corrected chi connectivity index (χ1v) is 5.92. The zero-order valence-electron chi connectivity index (χ0n) is 9.47. The van der Waals surface area contributed by atoms with E-state index in [2.05, 4.69) is 10.6 Å². The van der Waals surface area contributed by atoms with Crippen LogP contribution in [0.2, 0.25) is 0 Å². The minimum atomic E-state index is -0.980. The number of carbonyl (C=O) groups is 2. The van der Waals surface area contributed by atoms with E-state index in [1.807, 2.05) is 0 Å². The van der Waals surface area contributed by atoms with Gasteiger partial charge in [-0.2, -0.15) is 0 Å². The van der Waals surface area contributed by atoms with E-state index in [0.29, 0.717) is 5.69 Å². The van der Waals surface area contributed by atoms with E-state index in [0.717, 1.165) is 12.8 Å². The fraction of sp³-hybridized carbons (Fsp3) is 0.250. The Bertz CT molecular complexity index is 495. The maximum absolute atomic E-state index is 11.4. The number of carbonyl (C=O) groups excluding carboxylic acids is 1. The normalized spacial score (nSPS) is 13.8. The highest BCUT2D eigenvalue weighted by Crippen LogP contribution is 2.28. The van der Waals surface area contributed by atoms with Crippen LogP contribution in [0.5, 0.6) is 0 Å². The lowest BCUT2D eigenvalue weighted by molar-refractivity contribution is -0.120. The van der Waals surface area contributed by atoms with Crippen LogP contribution >= 0.6 is 12.2 Å². The van der Waals surface area contributed by atoms with Crippen molar-refractivity contribution in [3.63, 3.8) is 0 Å². The lowest BCUT2D eigenvalue weighted by atomic mass is 10.2. The summed E-state index contributed by atoms with van der Waals surface area (Å²) >= 11 is 4.98. The molecular weight excluding hydrogens is 252 g/mol. The molecule has 6 heteroatoms. The molecule has 0 aliphatic heterocycles. The average molecular weight is 264 g/mol. The summed E-state index contributed by atoms with van der Waals surface area (Å²) in [5.41, 5.74) is 0.842. The molecular formula is C12H12N2O3S. The van der Waals surface area contributed by atoms with Gasteiger partial charge in [-0.3, -0.25) is 4.79 Å². The van der Waals surface area contributed by atoms with E-state index in [4.69, 9.17) is 17.3 Å². The molecule has 0 saturated heterocycles. The van der Waals surface area contributed by atoms with Crippen LogP contribution < -0.4 is 10.6 Å². The summed E-state index contributed by atoms with van der Waals surface area (Å²) < 4.78 is 0. The Kier molecular flexibility index (Phi) is 3.57. The molecule has 2 rings (SSSR count). The van der Waals surface area contributed by atoms with Gasteiger partial charge in [-0.25, -0.2) is 4.79 Å². The van der Waals surface area contributed by atoms with Gasteiger partial charge in [0.15, 0.2) is 5.11 Å². The van der Waals surface area contributed by atoms with E-state index in [1.54, 1.807) is 12.1 Å². The molecule has 1 aliphatic rings. The van der Waals surface area contributed by atoms with Gasteiger partial charge in [-0.05, 0) is 49.3 Å². The first-order chi connectivity index (χ1) is 8.56. The first kappa shape index (κ1) is 12.5. The van der Waals surface area contributed by atoms with Gasteiger partial charge < -0.3 is 15.7 Å². The van der Waals surface area contributed by atoms with E-state index in [1.165, 1.54) is 12.1 Å². The summed E-state index contributed by atoms with van der Waals surface area (Å²) in [6, 6.07) is 6.13. The zero-order valence-corrected chi connectivity index (χ0v) is 10.3. The molecule has 0 bridgehead atoms. The molecule has 0 spiro atoms. The van der Waals surface area contributed by atoms with Gasteiger partial charge in [-0.1, -0.05) is 0 Å². The van der Waals surface area contributed by atoms with Crippen molar-refractivity contribution in [2.24, 2.45) is 5.92 Å². The van der Waals surface area contributed by atoms with E-state index in [-0.39, 0.29) is 22.5 Å². The Balaban J connectivity index is 1.90. The smallest absolute Gasteiger partial charge is 0.335 e. The Morgan fingerprint density at radius 1 is 1.22 bits per heavy atom. The van der Waals surface area contributed by atoms with Gasteiger partial charge in [-0.15, -0.1) is 0 Å². The number of rotatable bonds is 3. The summed E-state index contributed by atoms with van der Waals surface area (Å²) in [5, 5.41) is 14.4. The first-order valence-electron chi connectivity index (χ1n) is 5.51. The summed E-state index contributed by atoms with van der Waals surface area (Å²) in [6.45, 7) is 0. The van der Waals surface area contributed by atoms with Crippen molar-refractivity contribution in [3.05, 3.63) is 29.8 Å². The maximum atomic E-state index is 11.4. The molecule has 1 aromatic carbocycles. The summed E-state index contributed by atoms with van der Waals surface area (Å²) in [6.07, 6.45) is 1.84. The molecule has 5 nitrogen and oxygen atoms in total.